The maximum Gasteiger partial charge on any atom is 0.320 e. The van der Waals surface area contributed by atoms with E-state index in [1.807, 2.05) is 18.2 Å². The molecule has 2 fully saturated rings. The Morgan fingerprint density at radius 3 is 2.48 bits per heavy atom. The zero-order valence-electron chi connectivity index (χ0n) is 14.7. The number of nitrogens with one attached hydrogen (secondary N) is 1. The molecule has 2 unspecified atom stereocenters. The number of carboxylic acids is 1. The van der Waals surface area contributed by atoms with Crippen molar-refractivity contribution < 1.29 is 14.7 Å². The fourth-order valence-corrected chi connectivity index (χ4v) is 4.30. The Bertz CT molecular complexity index is 584. The van der Waals surface area contributed by atoms with Crippen molar-refractivity contribution in [3.8, 4) is 0 Å². The Morgan fingerprint density at radius 2 is 1.80 bits per heavy atom. The number of nitrogens with zero attached hydrogens (tertiary/aromatic N) is 1. The van der Waals surface area contributed by atoms with Gasteiger partial charge in [-0.2, -0.15) is 0 Å². The molecule has 1 heterocycles. The summed E-state index contributed by atoms with van der Waals surface area (Å²) in [5.74, 6) is -0.418. The minimum Gasteiger partial charge on any atom is -0.480 e. The molecule has 1 aliphatic carbocycles. The minimum absolute atomic E-state index is 0.0277. The Kier molecular flexibility index (Phi) is 6.08. The van der Waals surface area contributed by atoms with Gasteiger partial charge in [-0.3, -0.25) is 14.5 Å². The van der Waals surface area contributed by atoms with E-state index < -0.39 is 12.0 Å². The van der Waals surface area contributed by atoms with E-state index in [2.05, 4.69) is 17.4 Å². The van der Waals surface area contributed by atoms with Gasteiger partial charge in [0.05, 0.1) is 12.6 Å². The SMILES string of the molecule is O=C(CN1CCCC1C(=O)O)NC(c1ccccc1)C1CCCCC1. The van der Waals surface area contributed by atoms with E-state index in [1.165, 1.54) is 19.3 Å². The van der Waals surface area contributed by atoms with Crippen LogP contribution in [0.15, 0.2) is 30.3 Å². The lowest BCUT2D eigenvalue weighted by Crippen LogP contribution is -2.45. The molecule has 5 heteroatoms. The third-order valence-electron chi connectivity index (χ3n) is 5.59. The number of carbonyl (C=O) groups is 2. The maximum atomic E-state index is 12.6. The number of carbonyl (C=O) groups excluding carboxylic acids is 1. The summed E-state index contributed by atoms with van der Waals surface area (Å²) in [5.41, 5.74) is 1.15. The Morgan fingerprint density at radius 1 is 1.08 bits per heavy atom. The molecule has 5 nitrogen and oxygen atoms in total. The van der Waals surface area contributed by atoms with Gasteiger partial charge in [-0.1, -0.05) is 49.6 Å². The van der Waals surface area contributed by atoms with Gasteiger partial charge in [0.1, 0.15) is 6.04 Å². The topological polar surface area (TPSA) is 69.6 Å². The van der Waals surface area contributed by atoms with Crippen LogP contribution in [-0.4, -0.2) is 41.0 Å². The van der Waals surface area contributed by atoms with Crippen LogP contribution in [-0.2, 0) is 9.59 Å². The van der Waals surface area contributed by atoms with Crippen LogP contribution in [0, 0.1) is 5.92 Å². The highest BCUT2D eigenvalue weighted by Crippen LogP contribution is 2.34. The molecular formula is C20H28N2O3. The van der Waals surface area contributed by atoms with E-state index >= 15 is 0 Å². The highest BCUT2D eigenvalue weighted by molar-refractivity contribution is 5.80. The second kappa shape index (κ2) is 8.48. The van der Waals surface area contributed by atoms with Crippen LogP contribution < -0.4 is 5.32 Å². The lowest BCUT2D eigenvalue weighted by molar-refractivity contribution is -0.142. The molecule has 1 aromatic rings. The van der Waals surface area contributed by atoms with Crippen LogP contribution in [0.2, 0.25) is 0 Å². The molecule has 1 saturated carbocycles. The summed E-state index contributed by atoms with van der Waals surface area (Å²) >= 11 is 0. The lowest BCUT2D eigenvalue weighted by Gasteiger charge is -2.32. The smallest absolute Gasteiger partial charge is 0.320 e. The highest BCUT2D eigenvalue weighted by Gasteiger charge is 2.33. The average molecular weight is 344 g/mol. The van der Waals surface area contributed by atoms with Gasteiger partial charge in [0.25, 0.3) is 0 Å². The number of benzene rings is 1. The van der Waals surface area contributed by atoms with Gasteiger partial charge >= 0.3 is 5.97 Å². The van der Waals surface area contributed by atoms with Gasteiger partial charge in [-0.25, -0.2) is 0 Å². The minimum atomic E-state index is -0.822. The number of amides is 1. The first-order valence-electron chi connectivity index (χ1n) is 9.46. The van der Waals surface area contributed by atoms with Gasteiger partial charge in [0.2, 0.25) is 5.91 Å². The quantitative estimate of drug-likeness (QED) is 0.832. The maximum absolute atomic E-state index is 12.6. The summed E-state index contributed by atoms with van der Waals surface area (Å²) in [5, 5.41) is 12.5. The molecule has 136 valence electrons. The fraction of sp³-hybridized carbons (Fsp3) is 0.600. The second-order valence-electron chi connectivity index (χ2n) is 7.32. The van der Waals surface area contributed by atoms with E-state index in [-0.39, 0.29) is 18.5 Å². The first-order valence-corrected chi connectivity index (χ1v) is 9.46. The van der Waals surface area contributed by atoms with Gasteiger partial charge in [0, 0.05) is 0 Å². The van der Waals surface area contributed by atoms with Crippen molar-refractivity contribution in [3.05, 3.63) is 35.9 Å². The molecule has 2 aliphatic rings. The largest absolute Gasteiger partial charge is 0.480 e. The van der Waals surface area contributed by atoms with Gasteiger partial charge in [-0.15, -0.1) is 0 Å². The normalized spacial score (nSPS) is 23.3. The molecule has 0 radical (unpaired) electrons. The molecule has 0 spiro atoms. The summed E-state index contributed by atoms with van der Waals surface area (Å²) in [6, 6.07) is 9.68. The number of likely N-dealkylation sites (tertiary alicyclic amines) is 1. The van der Waals surface area contributed by atoms with Crippen molar-refractivity contribution in [2.24, 2.45) is 5.92 Å². The van der Waals surface area contributed by atoms with E-state index in [0.717, 1.165) is 24.8 Å². The number of hydrogen-bond donors (Lipinski definition) is 2. The highest BCUT2D eigenvalue weighted by atomic mass is 16.4. The zero-order chi connectivity index (χ0) is 17.6. The summed E-state index contributed by atoms with van der Waals surface area (Å²) in [6.45, 7) is 0.858. The first-order chi connectivity index (χ1) is 12.1. The molecule has 3 rings (SSSR count). The second-order valence-corrected chi connectivity index (χ2v) is 7.32. The summed E-state index contributed by atoms with van der Waals surface area (Å²) in [6.07, 6.45) is 7.47. The number of aliphatic carboxylic acids is 1. The van der Waals surface area contributed by atoms with Gasteiger partial charge in [0.15, 0.2) is 0 Å². The number of hydrogen-bond acceptors (Lipinski definition) is 3. The number of carboxylic acid groups (broad SMARTS) is 1. The van der Waals surface area contributed by atoms with Crippen molar-refractivity contribution in [3.63, 3.8) is 0 Å². The molecule has 1 saturated heterocycles. The Hall–Kier alpha value is -1.88. The first kappa shape index (κ1) is 17.9. The van der Waals surface area contributed by atoms with Gasteiger partial charge < -0.3 is 10.4 Å². The van der Waals surface area contributed by atoms with E-state index in [4.69, 9.17) is 0 Å². The van der Waals surface area contributed by atoms with Crippen molar-refractivity contribution >= 4 is 11.9 Å². The molecule has 1 amide bonds. The van der Waals surface area contributed by atoms with Crippen LogP contribution in [0.5, 0.6) is 0 Å². The summed E-state index contributed by atoms with van der Waals surface area (Å²) in [7, 11) is 0. The van der Waals surface area contributed by atoms with E-state index in [1.54, 1.807) is 4.90 Å². The van der Waals surface area contributed by atoms with Crippen LogP contribution in [0.3, 0.4) is 0 Å². The molecule has 2 N–H and O–H groups in total. The van der Waals surface area contributed by atoms with Crippen molar-refractivity contribution in [1.82, 2.24) is 10.2 Å². The molecule has 1 aromatic carbocycles. The van der Waals surface area contributed by atoms with E-state index in [9.17, 15) is 14.7 Å². The molecular weight excluding hydrogens is 316 g/mol. The molecule has 25 heavy (non-hydrogen) atoms. The molecule has 2 atom stereocenters. The van der Waals surface area contributed by atoms with E-state index in [0.29, 0.717) is 18.9 Å². The van der Waals surface area contributed by atoms with Crippen LogP contribution in [0.25, 0.3) is 0 Å². The van der Waals surface area contributed by atoms with Crippen LogP contribution in [0.1, 0.15) is 56.6 Å². The molecule has 1 aliphatic heterocycles. The Labute approximate surface area is 149 Å². The van der Waals surface area contributed by atoms with Crippen molar-refractivity contribution in [2.75, 3.05) is 13.1 Å². The van der Waals surface area contributed by atoms with Crippen molar-refractivity contribution in [2.45, 2.75) is 57.0 Å². The summed E-state index contributed by atoms with van der Waals surface area (Å²) < 4.78 is 0. The number of rotatable bonds is 6. The van der Waals surface area contributed by atoms with Crippen LogP contribution >= 0.6 is 0 Å². The predicted molar refractivity (Wildman–Crippen MR) is 96.1 cm³/mol. The average Bonchev–Trinajstić information content (AvgIpc) is 3.09. The third kappa shape index (κ3) is 4.60. The summed E-state index contributed by atoms with van der Waals surface area (Å²) in [4.78, 5) is 25.8. The van der Waals surface area contributed by atoms with Gasteiger partial charge in [-0.05, 0) is 43.7 Å². The van der Waals surface area contributed by atoms with Crippen LogP contribution in [0.4, 0.5) is 0 Å². The fourth-order valence-electron chi connectivity index (χ4n) is 4.30. The third-order valence-corrected chi connectivity index (χ3v) is 5.59. The Balaban J connectivity index is 1.67. The zero-order valence-corrected chi connectivity index (χ0v) is 14.7. The molecule has 0 bridgehead atoms. The lowest BCUT2D eigenvalue weighted by atomic mass is 9.81. The van der Waals surface area contributed by atoms with Crippen molar-refractivity contribution in [1.29, 1.82) is 0 Å². The predicted octanol–water partition coefficient (Wildman–Crippen LogP) is 2.97. The monoisotopic (exact) mass is 344 g/mol. The molecule has 0 aromatic heterocycles. The standard InChI is InChI=1S/C20H28N2O3/c23-18(14-22-13-7-12-17(22)20(24)25)21-19(15-8-3-1-4-9-15)16-10-5-2-6-11-16/h1,3-4,8-9,16-17,19H,2,5-7,10-14H2,(H,21,23)(H,24,25).